The molecule has 0 radical (unpaired) electrons. The van der Waals surface area contributed by atoms with Crippen LogP contribution in [0.3, 0.4) is 0 Å². The second kappa shape index (κ2) is 4.85. The van der Waals surface area contributed by atoms with Crippen molar-refractivity contribution in [3.63, 3.8) is 0 Å². The van der Waals surface area contributed by atoms with E-state index in [0.717, 1.165) is 5.56 Å². The molecule has 3 rings (SSSR count). The first-order valence-electron chi connectivity index (χ1n) is 6.14. The van der Waals surface area contributed by atoms with Gasteiger partial charge in [0.1, 0.15) is 17.3 Å². The van der Waals surface area contributed by atoms with E-state index < -0.39 is 0 Å². The Balaban J connectivity index is 1.93. The lowest BCUT2D eigenvalue weighted by Crippen LogP contribution is -2.38. The highest BCUT2D eigenvalue weighted by atomic mass is 19.1. The molecule has 1 amide bonds. The molecule has 0 bridgehead atoms. The minimum Gasteiger partial charge on any atom is -0.508 e. The highest BCUT2D eigenvalue weighted by Crippen LogP contribution is 2.35. The van der Waals surface area contributed by atoms with Crippen LogP contribution >= 0.6 is 0 Å². The van der Waals surface area contributed by atoms with Crippen molar-refractivity contribution in [2.45, 2.75) is 6.54 Å². The first-order chi connectivity index (χ1) is 9.63. The number of aromatic hydroxyl groups is 1. The summed E-state index contributed by atoms with van der Waals surface area (Å²) in [4.78, 5) is 13.5. The van der Waals surface area contributed by atoms with E-state index in [-0.39, 0.29) is 24.1 Å². The Hall–Kier alpha value is -2.56. The fourth-order valence-corrected chi connectivity index (χ4v) is 2.14. The molecule has 0 saturated carbocycles. The monoisotopic (exact) mass is 273 g/mol. The van der Waals surface area contributed by atoms with E-state index >= 15 is 0 Å². The molecular weight excluding hydrogens is 261 g/mol. The minimum atomic E-state index is -0.313. The molecule has 0 atom stereocenters. The number of carbonyl (C=O) groups excluding carboxylic acids is 1. The second-order valence-corrected chi connectivity index (χ2v) is 4.55. The summed E-state index contributed by atoms with van der Waals surface area (Å²) in [6.45, 7) is 0.262. The van der Waals surface area contributed by atoms with Crippen molar-refractivity contribution in [2.75, 3.05) is 11.5 Å². The van der Waals surface area contributed by atoms with Crippen LogP contribution in [0.15, 0.2) is 42.5 Å². The van der Waals surface area contributed by atoms with Crippen LogP contribution in [0, 0.1) is 5.82 Å². The van der Waals surface area contributed by atoms with Crippen molar-refractivity contribution < 1.29 is 19.0 Å². The molecule has 0 spiro atoms. The van der Waals surface area contributed by atoms with Crippen LogP contribution in [0.25, 0.3) is 0 Å². The zero-order chi connectivity index (χ0) is 14.1. The number of benzene rings is 2. The third-order valence-corrected chi connectivity index (χ3v) is 3.14. The van der Waals surface area contributed by atoms with Crippen LogP contribution in [0.1, 0.15) is 5.56 Å². The van der Waals surface area contributed by atoms with Crippen LogP contribution in [0.5, 0.6) is 11.5 Å². The first-order valence-corrected chi connectivity index (χ1v) is 6.14. The van der Waals surface area contributed by atoms with Gasteiger partial charge in [0, 0.05) is 6.07 Å². The normalized spacial score (nSPS) is 13.8. The quantitative estimate of drug-likeness (QED) is 0.914. The lowest BCUT2D eigenvalue weighted by Gasteiger charge is -2.29. The molecule has 20 heavy (non-hydrogen) atoms. The van der Waals surface area contributed by atoms with E-state index in [4.69, 9.17) is 4.74 Å². The zero-order valence-electron chi connectivity index (χ0n) is 10.5. The van der Waals surface area contributed by atoms with Crippen LogP contribution < -0.4 is 9.64 Å². The average Bonchev–Trinajstić information content (AvgIpc) is 2.44. The summed E-state index contributed by atoms with van der Waals surface area (Å²) < 4.78 is 18.2. The van der Waals surface area contributed by atoms with Gasteiger partial charge in [-0.25, -0.2) is 4.39 Å². The Labute approximate surface area is 115 Å². The largest absolute Gasteiger partial charge is 0.508 e. The zero-order valence-corrected chi connectivity index (χ0v) is 10.5. The molecule has 0 fully saturated rings. The molecule has 0 saturated heterocycles. The van der Waals surface area contributed by atoms with Crippen molar-refractivity contribution in [1.82, 2.24) is 0 Å². The molecule has 102 valence electrons. The molecule has 0 aromatic heterocycles. The predicted octanol–water partition coefficient (Wildman–Crippen LogP) is 2.46. The smallest absolute Gasteiger partial charge is 0.265 e. The SMILES string of the molecule is O=C1COc2cc(O)ccc2N1Cc1ccc(F)cc1. The van der Waals surface area contributed by atoms with Gasteiger partial charge in [-0.15, -0.1) is 0 Å². The Bertz CT molecular complexity index is 655. The van der Waals surface area contributed by atoms with E-state index in [1.807, 2.05) is 0 Å². The highest BCUT2D eigenvalue weighted by molar-refractivity contribution is 5.97. The van der Waals surface area contributed by atoms with E-state index in [2.05, 4.69) is 0 Å². The fourth-order valence-electron chi connectivity index (χ4n) is 2.14. The van der Waals surface area contributed by atoms with Gasteiger partial charge >= 0.3 is 0 Å². The van der Waals surface area contributed by atoms with Crippen molar-refractivity contribution in [1.29, 1.82) is 0 Å². The maximum absolute atomic E-state index is 12.9. The van der Waals surface area contributed by atoms with E-state index in [0.29, 0.717) is 18.0 Å². The van der Waals surface area contributed by atoms with Gasteiger partial charge in [0.05, 0.1) is 12.2 Å². The Morgan fingerprint density at radius 1 is 1.20 bits per heavy atom. The van der Waals surface area contributed by atoms with Crippen LogP contribution in [-0.2, 0) is 11.3 Å². The summed E-state index contributed by atoms with van der Waals surface area (Å²) in [7, 11) is 0. The van der Waals surface area contributed by atoms with Gasteiger partial charge in [-0.05, 0) is 29.8 Å². The third kappa shape index (κ3) is 2.30. The molecule has 1 heterocycles. The number of hydrogen-bond donors (Lipinski definition) is 1. The summed E-state index contributed by atoms with van der Waals surface area (Å²) >= 11 is 0. The van der Waals surface area contributed by atoms with Crippen molar-refractivity contribution in [2.24, 2.45) is 0 Å². The van der Waals surface area contributed by atoms with Crippen LogP contribution in [-0.4, -0.2) is 17.6 Å². The molecule has 0 aliphatic carbocycles. The molecule has 1 aliphatic heterocycles. The van der Waals surface area contributed by atoms with Gasteiger partial charge in [-0.1, -0.05) is 12.1 Å². The third-order valence-electron chi connectivity index (χ3n) is 3.14. The van der Waals surface area contributed by atoms with Crippen molar-refractivity contribution in [3.8, 4) is 11.5 Å². The molecule has 2 aromatic carbocycles. The van der Waals surface area contributed by atoms with Gasteiger partial charge in [-0.3, -0.25) is 4.79 Å². The number of phenols is 1. The number of ether oxygens (including phenoxy) is 1. The molecule has 1 N–H and O–H groups in total. The lowest BCUT2D eigenvalue weighted by atomic mass is 10.1. The molecule has 2 aromatic rings. The van der Waals surface area contributed by atoms with E-state index in [1.54, 1.807) is 23.1 Å². The average molecular weight is 273 g/mol. The minimum absolute atomic E-state index is 0.0718. The molecule has 1 aliphatic rings. The van der Waals surface area contributed by atoms with E-state index in [1.165, 1.54) is 24.3 Å². The summed E-state index contributed by atoms with van der Waals surface area (Å²) in [5.74, 6) is 0.0615. The number of carbonyl (C=O) groups is 1. The standard InChI is InChI=1S/C15H12FNO3/c16-11-3-1-10(2-4-11)8-17-13-6-5-12(18)7-14(13)20-9-15(17)19/h1-7,18H,8-9H2. The number of fused-ring (bicyclic) bond motifs is 1. The van der Waals surface area contributed by atoms with Crippen molar-refractivity contribution in [3.05, 3.63) is 53.8 Å². The number of halogens is 1. The second-order valence-electron chi connectivity index (χ2n) is 4.55. The number of anilines is 1. The molecule has 5 heteroatoms. The number of phenolic OH excluding ortho intramolecular Hbond substituents is 1. The summed E-state index contributed by atoms with van der Waals surface area (Å²) in [5, 5.41) is 9.44. The highest BCUT2D eigenvalue weighted by Gasteiger charge is 2.25. The van der Waals surface area contributed by atoms with Crippen molar-refractivity contribution >= 4 is 11.6 Å². The van der Waals surface area contributed by atoms with E-state index in [9.17, 15) is 14.3 Å². The van der Waals surface area contributed by atoms with Crippen LogP contribution in [0.2, 0.25) is 0 Å². The number of nitrogens with zero attached hydrogens (tertiary/aromatic N) is 1. The van der Waals surface area contributed by atoms with Gasteiger partial charge in [0.2, 0.25) is 0 Å². The number of amides is 1. The predicted molar refractivity (Wildman–Crippen MR) is 71.2 cm³/mol. The Morgan fingerprint density at radius 3 is 2.70 bits per heavy atom. The van der Waals surface area contributed by atoms with Crippen LogP contribution in [0.4, 0.5) is 10.1 Å². The van der Waals surface area contributed by atoms with Gasteiger partial charge in [0.25, 0.3) is 5.91 Å². The molecule has 0 unspecified atom stereocenters. The maximum atomic E-state index is 12.9. The summed E-state index contributed by atoms with van der Waals surface area (Å²) in [5.41, 5.74) is 1.42. The molecule has 4 nitrogen and oxygen atoms in total. The van der Waals surface area contributed by atoms with Gasteiger partial charge < -0.3 is 14.7 Å². The Morgan fingerprint density at radius 2 is 1.95 bits per heavy atom. The Kier molecular flexibility index (Phi) is 3.02. The lowest BCUT2D eigenvalue weighted by molar-refractivity contribution is -0.121. The number of rotatable bonds is 2. The van der Waals surface area contributed by atoms with Gasteiger partial charge in [-0.2, -0.15) is 0 Å². The number of hydrogen-bond acceptors (Lipinski definition) is 3. The molecular formula is C15H12FNO3. The fraction of sp³-hybridized carbons (Fsp3) is 0.133. The maximum Gasteiger partial charge on any atom is 0.265 e. The summed E-state index contributed by atoms with van der Waals surface area (Å²) in [6, 6.07) is 10.6. The van der Waals surface area contributed by atoms with Gasteiger partial charge in [0.15, 0.2) is 6.61 Å². The summed E-state index contributed by atoms with van der Waals surface area (Å²) in [6.07, 6.45) is 0. The topological polar surface area (TPSA) is 49.8 Å². The first kappa shape index (κ1) is 12.5.